The number of aromatic amines is 1. The Hall–Kier alpha value is -2.02. The van der Waals surface area contributed by atoms with Gasteiger partial charge in [-0.15, -0.1) is 11.3 Å². The summed E-state index contributed by atoms with van der Waals surface area (Å²) in [5.74, 6) is -0.158. The number of rotatable bonds is 2. The van der Waals surface area contributed by atoms with Crippen molar-refractivity contribution in [3.8, 4) is 0 Å². The van der Waals surface area contributed by atoms with Gasteiger partial charge in [-0.1, -0.05) is 0 Å². The molecule has 0 saturated carbocycles. The molecule has 0 aromatic carbocycles. The first-order valence-electron chi connectivity index (χ1n) is 6.01. The minimum atomic E-state index is -0.311. The Labute approximate surface area is 113 Å². The van der Waals surface area contributed by atoms with Gasteiger partial charge in [-0.05, 0) is 12.8 Å². The maximum absolute atomic E-state index is 12.4. The lowest BCUT2D eigenvalue weighted by molar-refractivity contribution is 0.0729. The molecule has 0 aliphatic carbocycles. The summed E-state index contributed by atoms with van der Waals surface area (Å²) in [4.78, 5) is 35.8. The van der Waals surface area contributed by atoms with Crippen molar-refractivity contribution in [2.24, 2.45) is 0 Å². The molecule has 1 saturated heterocycles. The van der Waals surface area contributed by atoms with Gasteiger partial charge in [0.25, 0.3) is 11.5 Å². The van der Waals surface area contributed by atoms with Gasteiger partial charge in [0.15, 0.2) is 0 Å². The van der Waals surface area contributed by atoms with Crippen molar-refractivity contribution in [3.05, 3.63) is 45.0 Å². The number of thiazole rings is 1. The molecule has 7 heteroatoms. The zero-order valence-electron chi connectivity index (χ0n) is 10.1. The van der Waals surface area contributed by atoms with E-state index in [0.717, 1.165) is 24.0 Å². The van der Waals surface area contributed by atoms with Crippen molar-refractivity contribution in [1.82, 2.24) is 19.9 Å². The van der Waals surface area contributed by atoms with Crippen LogP contribution in [0.3, 0.4) is 0 Å². The normalized spacial score (nSPS) is 18.7. The van der Waals surface area contributed by atoms with Crippen LogP contribution < -0.4 is 5.56 Å². The quantitative estimate of drug-likeness (QED) is 0.894. The lowest BCUT2D eigenvalue weighted by Crippen LogP contribution is -2.31. The minimum absolute atomic E-state index is 0.0289. The molecule has 2 aromatic heterocycles. The fourth-order valence-electron chi connectivity index (χ4n) is 2.27. The molecule has 1 N–H and O–H groups in total. The molecule has 2 aromatic rings. The fraction of sp³-hybridized carbons (Fsp3) is 0.333. The molecule has 0 spiro atoms. The van der Waals surface area contributed by atoms with Crippen LogP contribution in [0.2, 0.25) is 0 Å². The SMILES string of the molecule is O=C(c1c[nH]c(=O)cn1)N1CCC[C@H]1c1nccs1. The Morgan fingerprint density at radius 1 is 1.47 bits per heavy atom. The van der Waals surface area contributed by atoms with Crippen molar-refractivity contribution >= 4 is 17.2 Å². The first kappa shape index (κ1) is 12.0. The van der Waals surface area contributed by atoms with Crippen LogP contribution in [0.5, 0.6) is 0 Å². The highest BCUT2D eigenvalue weighted by molar-refractivity contribution is 7.09. The lowest BCUT2D eigenvalue weighted by Gasteiger charge is -2.22. The van der Waals surface area contributed by atoms with E-state index in [4.69, 9.17) is 0 Å². The Bertz CT molecular complexity index is 617. The minimum Gasteiger partial charge on any atom is -0.328 e. The summed E-state index contributed by atoms with van der Waals surface area (Å²) in [5.41, 5.74) is -0.0440. The molecule has 3 rings (SSSR count). The molecule has 1 amide bonds. The van der Waals surface area contributed by atoms with E-state index in [-0.39, 0.29) is 23.2 Å². The van der Waals surface area contributed by atoms with Crippen molar-refractivity contribution in [2.45, 2.75) is 18.9 Å². The Balaban J connectivity index is 1.86. The Morgan fingerprint density at radius 2 is 2.37 bits per heavy atom. The molecule has 19 heavy (non-hydrogen) atoms. The number of hydrogen-bond donors (Lipinski definition) is 1. The molecule has 1 atom stereocenters. The number of amides is 1. The highest BCUT2D eigenvalue weighted by Gasteiger charge is 2.32. The highest BCUT2D eigenvalue weighted by Crippen LogP contribution is 2.33. The summed E-state index contributed by atoms with van der Waals surface area (Å²) >= 11 is 1.56. The van der Waals surface area contributed by atoms with E-state index >= 15 is 0 Å². The van der Waals surface area contributed by atoms with Gasteiger partial charge in [-0.3, -0.25) is 9.59 Å². The third-order valence-electron chi connectivity index (χ3n) is 3.14. The van der Waals surface area contributed by atoms with Gasteiger partial charge in [0.1, 0.15) is 10.7 Å². The van der Waals surface area contributed by atoms with Crippen LogP contribution in [0.4, 0.5) is 0 Å². The summed E-state index contributed by atoms with van der Waals surface area (Å²) in [6, 6.07) is 0.0289. The van der Waals surface area contributed by atoms with Gasteiger partial charge in [0.2, 0.25) is 0 Å². The van der Waals surface area contributed by atoms with Crippen LogP contribution >= 0.6 is 11.3 Å². The molecule has 1 fully saturated rings. The van der Waals surface area contributed by atoms with Gasteiger partial charge >= 0.3 is 0 Å². The largest absolute Gasteiger partial charge is 0.328 e. The van der Waals surface area contributed by atoms with Crippen LogP contribution in [0, 0.1) is 0 Å². The van der Waals surface area contributed by atoms with Crippen LogP contribution in [0.1, 0.15) is 34.4 Å². The predicted octanol–water partition coefficient (Wildman–Crippen LogP) is 1.20. The van der Waals surface area contributed by atoms with Crippen molar-refractivity contribution < 1.29 is 4.79 Å². The topological polar surface area (TPSA) is 79.0 Å². The maximum atomic E-state index is 12.4. The fourth-order valence-corrected chi connectivity index (χ4v) is 3.06. The van der Waals surface area contributed by atoms with Gasteiger partial charge in [-0.2, -0.15) is 0 Å². The standard InChI is InChI=1S/C12H12N4O2S/c17-10-7-14-8(6-15-10)12(18)16-4-1-2-9(16)11-13-3-5-19-11/h3,5-7,9H,1-2,4H2,(H,15,17)/t9-/m0/s1. The second-order valence-electron chi connectivity index (χ2n) is 4.32. The van der Waals surface area contributed by atoms with Crippen molar-refractivity contribution in [2.75, 3.05) is 6.54 Å². The second-order valence-corrected chi connectivity index (χ2v) is 5.25. The van der Waals surface area contributed by atoms with Gasteiger partial charge in [0.05, 0.1) is 12.2 Å². The zero-order valence-corrected chi connectivity index (χ0v) is 10.9. The number of carbonyl (C=O) groups is 1. The smallest absolute Gasteiger partial charge is 0.274 e. The van der Waals surface area contributed by atoms with Gasteiger partial charge < -0.3 is 9.88 Å². The third kappa shape index (κ3) is 2.28. The molecular formula is C12H12N4O2S. The molecular weight excluding hydrogens is 264 g/mol. The van der Waals surface area contributed by atoms with E-state index in [1.807, 2.05) is 5.38 Å². The van der Waals surface area contributed by atoms with E-state index in [2.05, 4.69) is 15.0 Å². The van der Waals surface area contributed by atoms with E-state index < -0.39 is 0 Å². The number of H-pyrrole nitrogens is 1. The Morgan fingerprint density at radius 3 is 3.05 bits per heavy atom. The summed E-state index contributed by atoms with van der Waals surface area (Å²) in [6.45, 7) is 0.698. The molecule has 1 aliphatic heterocycles. The molecule has 0 unspecified atom stereocenters. The van der Waals surface area contributed by atoms with Gasteiger partial charge in [0, 0.05) is 24.3 Å². The molecule has 6 nitrogen and oxygen atoms in total. The summed E-state index contributed by atoms with van der Waals surface area (Å²) in [5, 5.41) is 2.87. The first-order chi connectivity index (χ1) is 9.25. The lowest BCUT2D eigenvalue weighted by atomic mass is 10.2. The number of carbonyl (C=O) groups excluding carboxylic acids is 1. The van der Waals surface area contributed by atoms with Crippen LogP contribution in [-0.4, -0.2) is 32.3 Å². The molecule has 98 valence electrons. The maximum Gasteiger partial charge on any atom is 0.274 e. The average molecular weight is 276 g/mol. The highest BCUT2D eigenvalue weighted by atomic mass is 32.1. The summed E-state index contributed by atoms with van der Waals surface area (Å²) < 4.78 is 0. The second kappa shape index (κ2) is 4.93. The predicted molar refractivity (Wildman–Crippen MR) is 70.0 cm³/mol. The van der Waals surface area contributed by atoms with E-state index in [1.165, 1.54) is 6.20 Å². The number of nitrogens with one attached hydrogen (secondary N) is 1. The third-order valence-corrected chi connectivity index (χ3v) is 4.02. The molecule has 3 heterocycles. The monoisotopic (exact) mass is 276 g/mol. The van der Waals surface area contributed by atoms with Crippen LogP contribution in [0.15, 0.2) is 28.8 Å². The van der Waals surface area contributed by atoms with Crippen molar-refractivity contribution in [1.29, 1.82) is 0 Å². The number of likely N-dealkylation sites (tertiary alicyclic amines) is 1. The molecule has 1 aliphatic rings. The number of nitrogens with zero attached hydrogens (tertiary/aromatic N) is 3. The van der Waals surface area contributed by atoms with Gasteiger partial charge in [-0.25, -0.2) is 9.97 Å². The Kier molecular flexibility index (Phi) is 3.12. The average Bonchev–Trinajstić information content (AvgIpc) is 3.09. The summed E-state index contributed by atoms with van der Waals surface area (Å²) in [7, 11) is 0. The number of aromatic nitrogens is 3. The van der Waals surface area contributed by atoms with E-state index in [0.29, 0.717) is 6.54 Å². The zero-order chi connectivity index (χ0) is 13.2. The number of hydrogen-bond acceptors (Lipinski definition) is 5. The van der Waals surface area contributed by atoms with Crippen molar-refractivity contribution in [3.63, 3.8) is 0 Å². The van der Waals surface area contributed by atoms with E-state index in [1.54, 1.807) is 22.4 Å². The van der Waals surface area contributed by atoms with Crippen LogP contribution in [-0.2, 0) is 0 Å². The van der Waals surface area contributed by atoms with Crippen LogP contribution in [0.25, 0.3) is 0 Å². The molecule has 0 radical (unpaired) electrons. The van der Waals surface area contributed by atoms with E-state index in [9.17, 15) is 9.59 Å². The molecule has 0 bridgehead atoms. The first-order valence-corrected chi connectivity index (χ1v) is 6.89. The summed E-state index contributed by atoms with van der Waals surface area (Å²) in [6.07, 6.45) is 6.12.